The number of aromatic nitrogens is 1. The lowest BCUT2D eigenvalue weighted by Crippen LogP contribution is -2.27. The maximum absolute atomic E-state index is 13.3. The molecule has 1 amide bonds. The molecule has 0 saturated carbocycles. The van der Waals surface area contributed by atoms with Gasteiger partial charge in [-0.05, 0) is 38.0 Å². The van der Waals surface area contributed by atoms with Crippen LogP contribution in [0, 0.1) is 13.8 Å². The molecule has 0 aliphatic heterocycles. The Labute approximate surface area is 182 Å². The van der Waals surface area contributed by atoms with Crippen molar-refractivity contribution in [3.05, 3.63) is 86.7 Å². The Hall–Kier alpha value is -2.85. The van der Waals surface area contributed by atoms with E-state index in [4.69, 9.17) is 11.6 Å². The Bertz CT molecular complexity index is 1120. The molecule has 30 heavy (non-hydrogen) atoms. The minimum absolute atomic E-state index is 0.145. The smallest absolute Gasteiger partial charge is 0.261 e. The van der Waals surface area contributed by atoms with E-state index in [2.05, 4.69) is 16.8 Å². The van der Waals surface area contributed by atoms with Crippen LogP contribution in [0.4, 0.5) is 5.69 Å². The zero-order valence-corrected chi connectivity index (χ0v) is 18.4. The van der Waals surface area contributed by atoms with Crippen molar-refractivity contribution in [2.24, 2.45) is 0 Å². The number of carbonyl (C=O) groups is 1. The Morgan fingerprint density at radius 1 is 1.03 bits per heavy atom. The fourth-order valence-electron chi connectivity index (χ4n) is 3.66. The van der Waals surface area contributed by atoms with Gasteiger partial charge >= 0.3 is 0 Å². The summed E-state index contributed by atoms with van der Waals surface area (Å²) < 4.78 is 2.10. The van der Waals surface area contributed by atoms with Crippen LogP contribution in [-0.4, -0.2) is 10.5 Å². The topological polar surface area (TPSA) is 51.1 Å². The highest BCUT2D eigenvalue weighted by molar-refractivity contribution is 6.34. The molecular weight excluding hydrogens is 396 g/mol. The zero-order valence-electron chi connectivity index (χ0n) is 17.7. The number of pyridine rings is 1. The summed E-state index contributed by atoms with van der Waals surface area (Å²) in [6.45, 7) is 6.82. The van der Waals surface area contributed by atoms with Crippen molar-refractivity contribution >= 4 is 23.2 Å². The second kappa shape index (κ2) is 9.77. The number of anilines is 1. The Balaban J connectivity index is 2.19. The number of carbonyl (C=O) groups excluding carboxylic acids is 1. The first-order valence-corrected chi connectivity index (χ1v) is 10.7. The van der Waals surface area contributed by atoms with Crippen LogP contribution in [0.2, 0.25) is 5.02 Å². The van der Waals surface area contributed by atoms with Gasteiger partial charge in [-0.15, -0.1) is 0 Å². The van der Waals surface area contributed by atoms with E-state index in [9.17, 15) is 9.59 Å². The first-order valence-electron chi connectivity index (χ1n) is 10.3. The lowest BCUT2D eigenvalue weighted by molar-refractivity contribution is 0.102. The molecule has 3 rings (SSSR count). The van der Waals surface area contributed by atoms with Crippen molar-refractivity contribution in [3.63, 3.8) is 0 Å². The molecule has 3 aromatic rings. The molecule has 0 fully saturated rings. The number of hydrogen-bond donors (Lipinski definition) is 1. The van der Waals surface area contributed by atoms with E-state index in [1.807, 2.05) is 38.1 Å². The van der Waals surface area contributed by atoms with Gasteiger partial charge in [0.1, 0.15) is 5.56 Å². The van der Waals surface area contributed by atoms with Gasteiger partial charge in [0.2, 0.25) is 0 Å². The lowest BCUT2D eigenvalue weighted by Gasteiger charge is -2.21. The van der Waals surface area contributed by atoms with Crippen LogP contribution in [0.5, 0.6) is 0 Å². The van der Waals surface area contributed by atoms with Crippen molar-refractivity contribution in [1.29, 1.82) is 0 Å². The predicted octanol–water partition coefficient (Wildman–Crippen LogP) is 6.23. The maximum atomic E-state index is 13.3. The lowest BCUT2D eigenvalue weighted by atomic mass is 9.98. The molecule has 0 unspecified atom stereocenters. The molecule has 4 nitrogen and oxygen atoms in total. The van der Waals surface area contributed by atoms with Crippen molar-refractivity contribution < 1.29 is 4.79 Å². The number of unbranched alkanes of at least 4 members (excludes halogenated alkanes) is 2. The molecule has 0 aliphatic rings. The fraction of sp³-hybridized carbons (Fsp3) is 0.280. The largest absolute Gasteiger partial charge is 0.344 e. The second-order valence-corrected chi connectivity index (χ2v) is 7.89. The molecule has 1 aromatic heterocycles. The quantitative estimate of drug-likeness (QED) is 0.459. The minimum Gasteiger partial charge on any atom is -0.344 e. The molecule has 0 aliphatic carbocycles. The number of halogens is 1. The van der Waals surface area contributed by atoms with Gasteiger partial charge in [-0.3, -0.25) is 9.59 Å². The fourth-order valence-corrected chi connectivity index (χ4v) is 3.84. The molecular formula is C25H27ClN2O2. The van der Waals surface area contributed by atoms with E-state index >= 15 is 0 Å². The highest BCUT2D eigenvalue weighted by atomic mass is 35.5. The summed E-state index contributed by atoms with van der Waals surface area (Å²) in [5.74, 6) is -0.449. The standard InChI is InChI=1S/C25H27ClN2O2/c1-4-5-10-15-28-18(3)16-22(29)23(24(28)19-12-7-6-11-17(19)2)25(30)27-21-14-9-8-13-20(21)26/h6-9,11-14,16H,4-5,10,15H2,1-3H3,(H,27,30). The zero-order chi connectivity index (χ0) is 21.7. The second-order valence-electron chi connectivity index (χ2n) is 7.48. The van der Waals surface area contributed by atoms with Gasteiger partial charge in [0.25, 0.3) is 5.91 Å². The third-order valence-corrected chi connectivity index (χ3v) is 5.58. The van der Waals surface area contributed by atoms with Crippen molar-refractivity contribution in [2.75, 3.05) is 5.32 Å². The van der Waals surface area contributed by atoms with Gasteiger partial charge in [-0.1, -0.05) is 67.8 Å². The monoisotopic (exact) mass is 422 g/mol. The summed E-state index contributed by atoms with van der Waals surface area (Å²) in [7, 11) is 0. The number of hydrogen-bond acceptors (Lipinski definition) is 2. The number of rotatable bonds is 7. The van der Waals surface area contributed by atoms with Crippen LogP contribution < -0.4 is 10.7 Å². The van der Waals surface area contributed by atoms with E-state index < -0.39 is 5.91 Å². The summed E-state index contributed by atoms with van der Waals surface area (Å²) in [5.41, 5.74) is 3.76. The third-order valence-electron chi connectivity index (χ3n) is 5.25. The molecule has 2 aromatic carbocycles. The Morgan fingerprint density at radius 3 is 2.43 bits per heavy atom. The normalized spacial score (nSPS) is 10.8. The van der Waals surface area contributed by atoms with E-state index in [1.54, 1.807) is 30.3 Å². The van der Waals surface area contributed by atoms with Crippen LogP contribution in [0.3, 0.4) is 0 Å². The van der Waals surface area contributed by atoms with E-state index in [0.29, 0.717) is 16.4 Å². The molecule has 0 radical (unpaired) electrons. The summed E-state index contributed by atoms with van der Waals surface area (Å²) in [4.78, 5) is 26.3. The van der Waals surface area contributed by atoms with Gasteiger partial charge in [-0.2, -0.15) is 0 Å². The summed E-state index contributed by atoms with van der Waals surface area (Å²) in [6.07, 6.45) is 3.16. The van der Waals surface area contributed by atoms with Gasteiger partial charge in [0.05, 0.1) is 16.4 Å². The van der Waals surface area contributed by atoms with Crippen LogP contribution in [0.1, 0.15) is 47.8 Å². The average Bonchev–Trinajstić information content (AvgIpc) is 2.71. The molecule has 0 bridgehead atoms. The van der Waals surface area contributed by atoms with Gasteiger partial charge in [0, 0.05) is 23.9 Å². The van der Waals surface area contributed by atoms with Crippen LogP contribution in [0.25, 0.3) is 11.3 Å². The van der Waals surface area contributed by atoms with Crippen molar-refractivity contribution in [1.82, 2.24) is 4.57 Å². The molecule has 1 N–H and O–H groups in total. The number of nitrogens with one attached hydrogen (secondary N) is 1. The molecule has 0 atom stereocenters. The van der Waals surface area contributed by atoms with E-state index in [0.717, 1.165) is 42.6 Å². The minimum atomic E-state index is -0.449. The van der Waals surface area contributed by atoms with Crippen molar-refractivity contribution in [2.45, 2.75) is 46.6 Å². The molecule has 1 heterocycles. The summed E-state index contributed by atoms with van der Waals surface area (Å²) in [5, 5.41) is 3.26. The van der Waals surface area contributed by atoms with Gasteiger partial charge < -0.3 is 9.88 Å². The number of para-hydroxylation sites is 1. The van der Waals surface area contributed by atoms with Crippen LogP contribution >= 0.6 is 11.6 Å². The first kappa shape index (κ1) is 21.8. The average molecular weight is 423 g/mol. The highest BCUT2D eigenvalue weighted by Gasteiger charge is 2.23. The Kier molecular flexibility index (Phi) is 7.11. The van der Waals surface area contributed by atoms with Crippen LogP contribution in [0.15, 0.2) is 59.4 Å². The first-order chi connectivity index (χ1) is 14.4. The molecule has 0 saturated heterocycles. The number of amides is 1. The summed E-state index contributed by atoms with van der Waals surface area (Å²) >= 11 is 6.22. The predicted molar refractivity (Wildman–Crippen MR) is 125 cm³/mol. The Morgan fingerprint density at radius 2 is 1.73 bits per heavy atom. The van der Waals surface area contributed by atoms with Crippen molar-refractivity contribution in [3.8, 4) is 11.3 Å². The molecule has 0 spiro atoms. The highest BCUT2D eigenvalue weighted by Crippen LogP contribution is 2.29. The maximum Gasteiger partial charge on any atom is 0.261 e. The third kappa shape index (κ3) is 4.65. The number of nitrogens with zero attached hydrogens (tertiary/aromatic N) is 1. The molecule has 156 valence electrons. The van der Waals surface area contributed by atoms with Gasteiger partial charge in [-0.25, -0.2) is 0 Å². The van der Waals surface area contributed by atoms with Crippen LogP contribution in [-0.2, 0) is 6.54 Å². The summed E-state index contributed by atoms with van der Waals surface area (Å²) in [6, 6.07) is 16.4. The number of aryl methyl sites for hydroxylation is 2. The SMILES string of the molecule is CCCCCn1c(C)cc(=O)c(C(=O)Nc2ccccc2Cl)c1-c1ccccc1C. The van der Waals surface area contributed by atoms with E-state index in [1.165, 1.54) is 0 Å². The number of benzene rings is 2. The van der Waals surface area contributed by atoms with Gasteiger partial charge in [0.15, 0.2) is 5.43 Å². The van der Waals surface area contributed by atoms with E-state index in [-0.39, 0.29) is 11.0 Å². The molecule has 5 heteroatoms.